The minimum Gasteiger partial charge on any atom is -0.334 e. The highest BCUT2D eigenvalue weighted by Gasteiger charge is 2.17. The van der Waals surface area contributed by atoms with E-state index in [2.05, 4.69) is 22.1 Å². The van der Waals surface area contributed by atoms with Crippen LogP contribution in [-0.4, -0.2) is 27.8 Å². The van der Waals surface area contributed by atoms with Crippen molar-refractivity contribution in [3.05, 3.63) is 112 Å². The summed E-state index contributed by atoms with van der Waals surface area (Å²) in [4.78, 5) is 34.2. The Hall–Kier alpha value is -3.73. The number of amides is 1. The van der Waals surface area contributed by atoms with Gasteiger partial charge in [-0.2, -0.15) is 0 Å². The fourth-order valence-corrected chi connectivity index (χ4v) is 3.41. The molecule has 0 unspecified atom stereocenters. The molecule has 144 valence electrons. The molecule has 0 radical (unpaired) electrons. The summed E-state index contributed by atoms with van der Waals surface area (Å²) in [5.41, 5.74) is 3.20. The number of nitrogens with zero attached hydrogens (tertiary/aromatic N) is 2. The topological polar surface area (TPSA) is 66.1 Å². The molecule has 0 aliphatic carbocycles. The normalized spacial score (nSPS) is 10.8. The zero-order valence-corrected chi connectivity index (χ0v) is 16.1. The van der Waals surface area contributed by atoms with Gasteiger partial charge in [0.05, 0.1) is 17.4 Å². The lowest BCUT2D eigenvalue weighted by Crippen LogP contribution is -2.29. The number of fused-ring (bicyclic) bond motifs is 1. The molecule has 0 fully saturated rings. The molecule has 3 aromatic carbocycles. The second-order valence-electron chi connectivity index (χ2n) is 7.01. The molecule has 1 heterocycles. The number of benzene rings is 3. The Labute approximate surface area is 168 Å². The fourth-order valence-electron chi connectivity index (χ4n) is 3.41. The average Bonchev–Trinajstić information content (AvgIpc) is 2.74. The number of aromatic nitrogens is 2. The molecule has 0 atom stereocenters. The fraction of sp³-hybridized carbons (Fsp3) is 0.125. The van der Waals surface area contributed by atoms with Gasteiger partial charge in [-0.05, 0) is 35.7 Å². The van der Waals surface area contributed by atoms with Gasteiger partial charge >= 0.3 is 0 Å². The predicted molar refractivity (Wildman–Crippen MR) is 114 cm³/mol. The molecule has 0 saturated carbocycles. The number of aromatic amines is 1. The lowest BCUT2D eigenvalue weighted by atomic mass is 9.99. The minimum absolute atomic E-state index is 0.104. The van der Waals surface area contributed by atoms with Gasteiger partial charge in [-0.15, -0.1) is 0 Å². The number of hydrogen-bond donors (Lipinski definition) is 1. The molecule has 0 bridgehead atoms. The Bertz CT molecular complexity index is 1220. The molecular formula is C24H21N3O2. The van der Waals surface area contributed by atoms with Gasteiger partial charge in [0.2, 0.25) is 0 Å². The monoisotopic (exact) mass is 383 g/mol. The van der Waals surface area contributed by atoms with Gasteiger partial charge in [0.25, 0.3) is 11.5 Å². The van der Waals surface area contributed by atoms with Gasteiger partial charge in [0.15, 0.2) is 0 Å². The Morgan fingerprint density at radius 1 is 0.931 bits per heavy atom. The summed E-state index contributed by atoms with van der Waals surface area (Å²) in [5, 5.41) is 0.540. The van der Waals surface area contributed by atoms with Gasteiger partial charge in [-0.1, -0.05) is 60.7 Å². The van der Waals surface area contributed by atoms with Gasteiger partial charge < -0.3 is 9.88 Å². The van der Waals surface area contributed by atoms with Crippen molar-refractivity contribution in [1.29, 1.82) is 0 Å². The summed E-state index contributed by atoms with van der Waals surface area (Å²) in [6.45, 7) is 0.221. The van der Waals surface area contributed by atoms with Crippen molar-refractivity contribution in [3.8, 4) is 0 Å². The van der Waals surface area contributed by atoms with E-state index in [1.54, 1.807) is 30.1 Å². The number of para-hydroxylation sites is 1. The first-order valence-corrected chi connectivity index (χ1v) is 9.47. The smallest absolute Gasteiger partial charge is 0.258 e. The van der Waals surface area contributed by atoms with Crippen LogP contribution >= 0.6 is 0 Å². The summed E-state index contributed by atoms with van der Waals surface area (Å²) in [5.74, 6) is 0.359. The SMILES string of the molecule is CN(Cc1nc2ccccc2c(=O)[nH]1)C(=O)c1ccccc1Cc1ccccc1. The molecule has 1 aromatic heterocycles. The van der Waals surface area contributed by atoms with Crippen LogP contribution in [0.2, 0.25) is 0 Å². The van der Waals surface area contributed by atoms with E-state index in [0.717, 1.165) is 11.1 Å². The van der Waals surface area contributed by atoms with Crippen molar-refractivity contribution in [3.63, 3.8) is 0 Å². The Kier molecular flexibility index (Phi) is 5.20. The number of H-pyrrole nitrogens is 1. The zero-order chi connectivity index (χ0) is 20.2. The maximum Gasteiger partial charge on any atom is 0.258 e. The van der Waals surface area contributed by atoms with Crippen LogP contribution in [0, 0.1) is 0 Å². The molecule has 0 saturated heterocycles. The van der Waals surface area contributed by atoms with Gasteiger partial charge in [0, 0.05) is 12.6 Å². The molecule has 29 heavy (non-hydrogen) atoms. The van der Waals surface area contributed by atoms with Gasteiger partial charge in [-0.25, -0.2) is 4.98 Å². The highest BCUT2D eigenvalue weighted by molar-refractivity contribution is 5.95. The maximum atomic E-state index is 13.1. The molecule has 5 nitrogen and oxygen atoms in total. The maximum absolute atomic E-state index is 13.1. The lowest BCUT2D eigenvalue weighted by Gasteiger charge is -2.19. The molecule has 0 spiro atoms. The standard InChI is InChI=1S/C24H21N3O2/c1-27(16-22-25-21-14-8-7-13-20(21)23(28)26-22)24(29)19-12-6-5-11-18(19)15-17-9-3-2-4-10-17/h2-14H,15-16H2,1H3,(H,25,26,28). The molecule has 0 aliphatic heterocycles. The third kappa shape index (κ3) is 4.09. The van der Waals surface area contributed by atoms with Crippen LogP contribution in [0.4, 0.5) is 0 Å². The molecule has 4 rings (SSSR count). The first-order valence-electron chi connectivity index (χ1n) is 9.47. The number of hydrogen-bond acceptors (Lipinski definition) is 3. The third-order valence-electron chi connectivity index (χ3n) is 4.88. The number of rotatable bonds is 5. The van der Waals surface area contributed by atoms with Gasteiger partial charge in [-0.3, -0.25) is 9.59 Å². The number of carbonyl (C=O) groups excluding carboxylic acids is 1. The Morgan fingerprint density at radius 3 is 2.45 bits per heavy atom. The quantitative estimate of drug-likeness (QED) is 0.570. The van der Waals surface area contributed by atoms with Crippen LogP contribution in [0.25, 0.3) is 10.9 Å². The van der Waals surface area contributed by atoms with Gasteiger partial charge in [0.1, 0.15) is 5.82 Å². The van der Waals surface area contributed by atoms with Crippen molar-refractivity contribution in [1.82, 2.24) is 14.9 Å². The Balaban J connectivity index is 1.58. The first-order chi connectivity index (χ1) is 14.1. The van der Waals surface area contributed by atoms with Crippen LogP contribution < -0.4 is 5.56 Å². The predicted octanol–water partition coefficient (Wildman–Crippen LogP) is 3.79. The van der Waals surface area contributed by atoms with Crippen LogP contribution in [0.5, 0.6) is 0 Å². The zero-order valence-electron chi connectivity index (χ0n) is 16.1. The van der Waals surface area contributed by atoms with E-state index in [9.17, 15) is 9.59 Å². The largest absolute Gasteiger partial charge is 0.334 e. The van der Waals surface area contributed by atoms with Crippen LogP contribution in [0.3, 0.4) is 0 Å². The summed E-state index contributed by atoms with van der Waals surface area (Å²) < 4.78 is 0. The van der Waals surface area contributed by atoms with E-state index >= 15 is 0 Å². The summed E-state index contributed by atoms with van der Waals surface area (Å²) in [7, 11) is 1.72. The molecular weight excluding hydrogens is 362 g/mol. The van der Waals surface area contributed by atoms with E-state index in [-0.39, 0.29) is 18.0 Å². The molecule has 5 heteroatoms. The van der Waals surface area contributed by atoms with E-state index in [4.69, 9.17) is 0 Å². The Morgan fingerprint density at radius 2 is 1.62 bits per heavy atom. The van der Waals surface area contributed by atoms with E-state index in [0.29, 0.717) is 28.7 Å². The number of nitrogens with one attached hydrogen (secondary N) is 1. The van der Waals surface area contributed by atoms with Crippen LogP contribution in [0.15, 0.2) is 83.7 Å². The van der Waals surface area contributed by atoms with Crippen molar-refractivity contribution in [2.75, 3.05) is 7.05 Å². The van der Waals surface area contributed by atoms with Crippen molar-refractivity contribution in [2.45, 2.75) is 13.0 Å². The second-order valence-corrected chi connectivity index (χ2v) is 7.01. The average molecular weight is 383 g/mol. The molecule has 0 aliphatic rings. The summed E-state index contributed by atoms with van der Waals surface area (Å²) in [6.07, 6.45) is 0.682. The second kappa shape index (κ2) is 8.10. The van der Waals surface area contributed by atoms with Crippen molar-refractivity contribution < 1.29 is 4.79 Å². The summed E-state index contributed by atoms with van der Waals surface area (Å²) >= 11 is 0. The van der Waals surface area contributed by atoms with E-state index < -0.39 is 0 Å². The van der Waals surface area contributed by atoms with Crippen LogP contribution in [0.1, 0.15) is 27.3 Å². The van der Waals surface area contributed by atoms with Crippen molar-refractivity contribution in [2.24, 2.45) is 0 Å². The lowest BCUT2D eigenvalue weighted by molar-refractivity contribution is 0.0780. The van der Waals surface area contributed by atoms with E-state index in [1.807, 2.05) is 48.5 Å². The third-order valence-corrected chi connectivity index (χ3v) is 4.88. The molecule has 1 amide bonds. The van der Waals surface area contributed by atoms with E-state index in [1.165, 1.54) is 0 Å². The van der Waals surface area contributed by atoms with Crippen molar-refractivity contribution >= 4 is 16.8 Å². The highest BCUT2D eigenvalue weighted by atomic mass is 16.2. The molecule has 1 N–H and O–H groups in total. The summed E-state index contributed by atoms with van der Waals surface area (Å²) in [6, 6.07) is 24.9. The first kappa shape index (κ1) is 18.6. The van der Waals surface area contributed by atoms with Crippen LogP contribution in [-0.2, 0) is 13.0 Å². The molecule has 4 aromatic rings. The minimum atomic E-state index is -0.198. The highest BCUT2D eigenvalue weighted by Crippen LogP contribution is 2.17. The number of carbonyl (C=O) groups is 1.